The maximum atomic E-state index is 10.8. The van der Waals surface area contributed by atoms with Crippen molar-refractivity contribution < 1.29 is 14.6 Å². The van der Waals surface area contributed by atoms with Crippen LogP contribution in [0.1, 0.15) is 17.2 Å². The van der Waals surface area contributed by atoms with Gasteiger partial charge in [0.15, 0.2) is 0 Å². The third kappa shape index (κ3) is 3.50. The summed E-state index contributed by atoms with van der Waals surface area (Å²) in [5.41, 5.74) is 6.99. The van der Waals surface area contributed by atoms with Gasteiger partial charge in [0.2, 0.25) is 0 Å². The quantitative estimate of drug-likeness (QED) is 0.888. The molecule has 0 aromatic heterocycles. The molecule has 0 unspecified atom stereocenters. The van der Waals surface area contributed by atoms with Crippen LogP contribution in [0.5, 0.6) is 5.75 Å². The zero-order valence-corrected chi connectivity index (χ0v) is 11.4. The molecular weight excluding hydrogens is 278 g/mol. The number of hydrogen-bond donors (Lipinski definition) is 2. The van der Waals surface area contributed by atoms with Crippen molar-refractivity contribution >= 4 is 17.6 Å². The molecule has 0 heterocycles. The van der Waals surface area contributed by atoms with Crippen LogP contribution in [0.4, 0.5) is 0 Å². The van der Waals surface area contributed by atoms with E-state index < -0.39 is 12.0 Å². The van der Waals surface area contributed by atoms with E-state index in [-0.39, 0.29) is 0 Å². The third-order valence-electron chi connectivity index (χ3n) is 2.82. The number of carboxylic acids is 1. The molecule has 104 valence electrons. The zero-order chi connectivity index (χ0) is 14.5. The van der Waals surface area contributed by atoms with Gasteiger partial charge in [0, 0.05) is 0 Å². The van der Waals surface area contributed by atoms with Crippen molar-refractivity contribution in [1.82, 2.24) is 0 Å². The van der Waals surface area contributed by atoms with E-state index in [2.05, 4.69) is 0 Å². The maximum Gasteiger partial charge on any atom is 0.325 e. The number of carbonyl (C=O) groups is 1. The van der Waals surface area contributed by atoms with Crippen molar-refractivity contribution in [1.29, 1.82) is 0 Å². The van der Waals surface area contributed by atoms with Gasteiger partial charge in [-0.25, -0.2) is 0 Å². The fraction of sp³-hybridized carbons (Fsp3) is 0.133. The summed E-state index contributed by atoms with van der Waals surface area (Å²) < 4.78 is 5.60. The number of benzene rings is 2. The van der Waals surface area contributed by atoms with Gasteiger partial charge in [0.1, 0.15) is 18.4 Å². The molecule has 0 aliphatic rings. The second-order valence-electron chi connectivity index (χ2n) is 4.28. The van der Waals surface area contributed by atoms with Crippen LogP contribution < -0.4 is 10.5 Å². The minimum atomic E-state index is -1.10. The van der Waals surface area contributed by atoms with Crippen LogP contribution in [0.25, 0.3) is 0 Å². The molecule has 2 aromatic carbocycles. The lowest BCUT2D eigenvalue weighted by Gasteiger charge is -2.11. The van der Waals surface area contributed by atoms with E-state index in [1.807, 2.05) is 30.3 Å². The molecule has 0 aliphatic heterocycles. The second kappa shape index (κ2) is 6.41. The minimum absolute atomic E-state index is 0.343. The number of halogens is 1. The predicted octanol–water partition coefficient (Wildman–Crippen LogP) is 3.00. The summed E-state index contributed by atoms with van der Waals surface area (Å²) in [6, 6.07) is 13.3. The minimum Gasteiger partial charge on any atom is -0.487 e. The van der Waals surface area contributed by atoms with Crippen molar-refractivity contribution in [3.63, 3.8) is 0 Å². The van der Waals surface area contributed by atoms with Crippen LogP contribution in [0.2, 0.25) is 5.02 Å². The van der Waals surface area contributed by atoms with E-state index in [0.29, 0.717) is 22.9 Å². The molecule has 0 saturated carbocycles. The number of hydrogen-bond acceptors (Lipinski definition) is 3. The summed E-state index contributed by atoms with van der Waals surface area (Å²) in [5.74, 6) is -0.601. The molecule has 0 bridgehead atoms. The summed E-state index contributed by atoms with van der Waals surface area (Å²) in [7, 11) is 0. The lowest BCUT2D eigenvalue weighted by Crippen LogP contribution is -2.20. The highest BCUT2D eigenvalue weighted by molar-refractivity contribution is 6.32. The molecule has 0 spiro atoms. The number of rotatable bonds is 5. The molecular formula is C15H14ClNO3. The predicted molar refractivity (Wildman–Crippen MR) is 76.8 cm³/mol. The van der Waals surface area contributed by atoms with Crippen LogP contribution in [-0.2, 0) is 11.4 Å². The van der Waals surface area contributed by atoms with E-state index >= 15 is 0 Å². The summed E-state index contributed by atoms with van der Waals surface area (Å²) in [6.45, 7) is 0.394. The van der Waals surface area contributed by atoms with Crippen molar-refractivity contribution in [3.8, 4) is 5.75 Å². The Morgan fingerprint density at radius 2 is 1.95 bits per heavy atom. The Labute approximate surface area is 121 Å². The normalized spacial score (nSPS) is 11.9. The topological polar surface area (TPSA) is 72.6 Å². The van der Waals surface area contributed by atoms with Gasteiger partial charge in [0.25, 0.3) is 0 Å². The van der Waals surface area contributed by atoms with Gasteiger partial charge < -0.3 is 15.6 Å². The lowest BCUT2D eigenvalue weighted by molar-refractivity contribution is -0.138. The fourth-order valence-corrected chi connectivity index (χ4v) is 1.95. The van der Waals surface area contributed by atoms with Gasteiger partial charge in [-0.2, -0.15) is 0 Å². The van der Waals surface area contributed by atoms with E-state index in [1.54, 1.807) is 12.1 Å². The highest BCUT2D eigenvalue weighted by atomic mass is 35.5. The Morgan fingerprint density at radius 3 is 2.55 bits per heavy atom. The standard InChI is InChI=1S/C15H14ClNO3/c16-12-8-11(14(17)15(18)19)6-7-13(12)20-9-10-4-2-1-3-5-10/h1-8,14H,9,17H2,(H,18,19)/t14-/m0/s1. The summed E-state index contributed by atoms with van der Waals surface area (Å²) >= 11 is 6.07. The molecule has 2 rings (SSSR count). The van der Waals surface area contributed by atoms with E-state index in [0.717, 1.165) is 5.56 Å². The van der Waals surface area contributed by atoms with Gasteiger partial charge in [0.05, 0.1) is 5.02 Å². The van der Waals surface area contributed by atoms with Crippen molar-refractivity contribution in [2.24, 2.45) is 5.73 Å². The molecule has 0 fully saturated rings. The summed E-state index contributed by atoms with van der Waals surface area (Å²) in [4.78, 5) is 10.8. The van der Waals surface area contributed by atoms with Crippen LogP contribution in [-0.4, -0.2) is 11.1 Å². The Bertz CT molecular complexity index is 601. The average Bonchev–Trinajstić information content (AvgIpc) is 2.46. The summed E-state index contributed by atoms with van der Waals surface area (Å²) in [6.07, 6.45) is 0. The van der Waals surface area contributed by atoms with Crippen LogP contribution in [0.3, 0.4) is 0 Å². The number of aliphatic carboxylic acids is 1. The molecule has 0 saturated heterocycles. The lowest BCUT2D eigenvalue weighted by atomic mass is 10.1. The van der Waals surface area contributed by atoms with Gasteiger partial charge in [-0.15, -0.1) is 0 Å². The molecule has 0 radical (unpaired) electrons. The molecule has 1 atom stereocenters. The largest absolute Gasteiger partial charge is 0.487 e. The second-order valence-corrected chi connectivity index (χ2v) is 4.69. The molecule has 0 amide bonds. The van der Waals surface area contributed by atoms with Crippen molar-refractivity contribution in [2.75, 3.05) is 0 Å². The third-order valence-corrected chi connectivity index (χ3v) is 3.11. The molecule has 4 nitrogen and oxygen atoms in total. The van der Waals surface area contributed by atoms with Gasteiger partial charge in [-0.3, -0.25) is 4.79 Å². The first-order chi connectivity index (χ1) is 9.58. The Morgan fingerprint density at radius 1 is 1.25 bits per heavy atom. The molecule has 0 aliphatic carbocycles. The smallest absolute Gasteiger partial charge is 0.325 e. The van der Waals surface area contributed by atoms with E-state index in [4.69, 9.17) is 27.2 Å². The van der Waals surface area contributed by atoms with Gasteiger partial charge in [-0.1, -0.05) is 48.0 Å². The summed E-state index contributed by atoms with van der Waals surface area (Å²) in [5, 5.41) is 9.19. The Kier molecular flexibility index (Phi) is 4.61. The molecule has 20 heavy (non-hydrogen) atoms. The zero-order valence-electron chi connectivity index (χ0n) is 10.6. The van der Waals surface area contributed by atoms with Crippen LogP contribution >= 0.6 is 11.6 Å². The highest BCUT2D eigenvalue weighted by Gasteiger charge is 2.15. The monoisotopic (exact) mass is 291 g/mol. The first kappa shape index (κ1) is 14.4. The molecule has 5 heteroatoms. The fourth-order valence-electron chi connectivity index (χ4n) is 1.71. The Hall–Kier alpha value is -2.04. The Balaban J connectivity index is 2.08. The SMILES string of the molecule is N[C@H](C(=O)O)c1ccc(OCc2ccccc2)c(Cl)c1. The van der Waals surface area contributed by atoms with Crippen molar-refractivity contribution in [3.05, 3.63) is 64.7 Å². The number of ether oxygens (including phenoxy) is 1. The van der Waals surface area contributed by atoms with Crippen molar-refractivity contribution in [2.45, 2.75) is 12.6 Å². The number of nitrogens with two attached hydrogens (primary N) is 1. The first-order valence-corrected chi connectivity index (χ1v) is 6.40. The number of carboxylic acid groups (broad SMARTS) is 1. The molecule has 3 N–H and O–H groups in total. The van der Waals surface area contributed by atoms with Crippen LogP contribution in [0.15, 0.2) is 48.5 Å². The average molecular weight is 292 g/mol. The molecule has 2 aromatic rings. The van der Waals surface area contributed by atoms with Crippen LogP contribution in [0, 0.1) is 0 Å². The van der Waals surface area contributed by atoms with E-state index in [1.165, 1.54) is 6.07 Å². The van der Waals surface area contributed by atoms with Gasteiger partial charge in [-0.05, 0) is 23.3 Å². The first-order valence-electron chi connectivity index (χ1n) is 6.02. The maximum absolute atomic E-state index is 10.8. The highest BCUT2D eigenvalue weighted by Crippen LogP contribution is 2.28. The van der Waals surface area contributed by atoms with E-state index in [9.17, 15) is 4.79 Å². The van der Waals surface area contributed by atoms with Gasteiger partial charge >= 0.3 is 5.97 Å².